The van der Waals surface area contributed by atoms with Crippen molar-refractivity contribution >= 4 is 5.69 Å². The van der Waals surface area contributed by atoms with E-state index >= 15 is 0 Å². The summed E-state index contributed by atoms with van der Waals surface area (Å²) in [6.07, 6.45) is -0.453. The van der Waals surface area contributed by atoms with Gasteiger partial charge in [-0.1, -0.05) is 0 Å². The van der Waals surface area contributed by atoms with E-state index in [4.69, 9.17) is 15.6 Å². The molecule has 0 aromatic heterocycles. The molecule has 0 aliphatic rings. The first-order valence-electron chi connectivity index (χ1n) is 4.53. The van der Waals surface area contributed by atoms with Crippen LogP contribution in [0.3, 0.4) is 0 Å². The molecule has 0 radical (unpaired) electrons. The summed E-state index contributed by atoms with van der Waals surface area (Å²) in [5.41, 5.74) is 1.43. The van der Waals surface area contributed by atoms with Gasteiger partial charge in [-0.05, 0) is 25.1 Å². The third-order valence-corrected chi connectivity index (χ3v) is 1.86. The van der Waals surface area contributed by atoms with E-state index < -0.39 is 6.10 Å². The van der Waals surface area contributed by atoms with E-state index in [9.17, 15) is 0 Å². The third-order valence-electron chi connectivity index (χ3n) is 1.86. The number of anilines is 1. The molecule has 1 aromatic rings. The average molecular weight is 201 g/mol. The summed E-state index contributed by atoms with van der Waals surface area (Å²) >= 11 is 0. The molecule has 0 aliphatic heterocycles. The van der Waals surface area contributed by atoms with E-state index in [0.29, 0.717) is 17.7 Å². The highest BCUT2D eigenvalue weighted by atomic mass is 16.3. The minimum atomic E-state index is -0.453. The van der Waals surface area contributed by atoms with Crippen molar-refractivity contribution in [1.82, 2.24) is 0 Å². The second kappa shape index (κ2) is 4.99. The van der Waals surface area contributed by atoms with E-state index in [-0.39, 0.29) is 0 Å². The van der Waals surface area contributed by atoms with E-state index in [1.54, 1.807) is 25.1 Å². The maximum atomic E-state index is 9.06. The predicted molar refractivity (Wildman–Crippen MR) is 56.0 cm³/mol. The molecule has 0 aliphatic carbocycles. The van der Waals surface area contributed by atoms with E-state index in [1.165, 1.54) is 0 Å². The number of aliphatic hydroxyl groups is 1. The largest absolute Gasteiger partial charge is 0.392 e. The number of nitrogens with one attached hydrogen (secondary N) is 1. The second-order valence-electron chi connectivity index (χ2n) is 3.21. The Hall–Kier alpha value is -2.04. The Labute approximate surface area is 88.4 Å². The van der Waals surface area contributed by atoms with E-state index in [2.05, 4.69) is 5.32 Å². The van der Waals surface area contributed by atoms with Crippen LogP contribution in [0.4, 0.5) is 5.69 Å². The van der Waals surface area contributed by atoms with Crippen LogP contribution < -0.4 is 5.32 Å². The number of rotatable bonds is 3. The van der Waals surface area contributed by atoms with Crippen molar-refractivity contribution in [3.63, 3.8) is 0 Å². The quantitative estimate of drug-likeness (QED) is 0.770. The van der Waals surface area contributed by atoms with Crippen molar-refractivity contribution in [3.8, 4) is 12.1 Å². The Bertz CT molecular complexity index is 426. The summed E-state index contributed by atoms with van der Waals surface area (Å²) in [4.78, 5) is 0. The van der Waals surface area contributed by atoms with Gasteiger partial charge in [0.2, 0.25) is 0 Å². The maximum Gasteiger partial charge on any atom is 0.101 e. The molecule has 1 unspecified atom stereocenters. The van der Waals surface area contributed by atoms with Gasteiger partial charge in [0.05, 0.1) is 17.2 Å². The van der Waals surface area contributed by atoms with Gasteiger partial charge in [-0.2, -0.15) is 10.5 Å². The molecule has 0 saturated carbocycles. The molecule has 1 rings (SSSR count). The summed E-state index contributed by atoms with van der Waals surface area (Å²) in [5.74, 6) is 0. The van der Waals surface area contributed by atoms with Crippen LogP contribution in [0.1, 0.15) is 18.1 Å². The van der Waals surface area contributed by atoms with Gasteiger partial charge in [0.25, 0.3) is 0 Å². The van der Waals surface area contributed by atoms with Gasteiger partial charge in [-0.15, -0.1) is 0 Å². The molecule has 0 heterocycles. The van der Waals surface area contributed by atoms with Crippen LogP contribution in [0.25, 0.3) is 0 Å². The molecule has 0 saturated heterocycles. The topological polar surface area (TPSA) is 79.8 Å². The number of nitriles is 2. The Morgan fingerprint density at radius 1 is 1.33 bits per heavy atom. The van der Waals surface area contributed by atoms with Gasteiger partial charge >= 0.3 is 0 Å². The molecule has 1 atom stereocenters. The summed E-state index contributed by atoms with van der Waals surface area (Å²) in [6, 6.07) is 8.78. The first-order valence-corrected chi connectivity index (χ1v) is 4.53. The normalized spacial score (nSPS) is 11.2. The van der Waals surface area contributed by atoms with Gasteiger partial charge in [-0.3, -0.25) is 0 Å². The number of hydrogen-bond acceptors (Lipinski definition) is 4. The molecule has 0 amide bonds. The van der Waals surface area contributed by atoms with Crippen LogP contribution in [0, 0.1) is 22.7 Å². The van der Waals surface area contributed by atoms with Crippen molar-refractivity contribution in [1.29, 1.82) is 10.5 Å². The molecular formula is C11H11N3O. The molecule has 4 heteroatoms. The van der Waals surface area contributed by atoms with Crippen LogP contribution in [-0.2, 0) is 0 Å². The fraction of sp³-hybridized carbons (Fsp3) is 0.273. The lowest BCUT2D eigenvalue weighted by Crippen LogP contribution is -2.15. The Morgan fingerprint density at radius 2 is 2.00 bits per heavy atom. The van der Waals surface area contributed by atoms with E-state index in [0.717, 1.165) is 5.69 Å². The minimum absolute atomic E-state index is 0.341. The summed E-state index contributed by atoms with van der Waals surface area (Å²) in [5, 5.41) is 29.5. The zero-order valence-electron chi connectivity index (χ0n) is 8.36. The molecule has 0 fully saturated rings. The van der Waals surface area contributed by atoms with Crippen molar-refractivity contribution in [2.45, 2.75) is 13.0 Å². The Morgan fingerprint density at radius 3 is 2.53 bits per heavy atom. The fourth-order valence-electron chi connectivity index (χ4n) is 1.11. The van der Waals surface area contributed by atoms with Crippen LogP contribution in [0.5, 0.6) is 0 Å². The number of aliphatic hydroxyl groups excluding tert-OH is 1. The number of nitrogens with zero attached hydrogens (tertiary/aromatic N) is 2. The Balaban J connectivity index is 2.86. The van der Waals surface area contributed by atoms with Gasteiger partial charge in [0, 0.05) is 12.2 Å². The summed E-state index contributed by atoms with van der Waals surface area (Å²) in [6.45, 7) is 2.08. The first kappa shape index (κ1) is 11.0. The van der Waals surface area contributed by atoms with Crippen LogP contribution >= 0.6 is 0 Å². The summed E-state index contributed by atoms with van der Waals surface area (Å²) < 4.78 is 0. The predicted octanol–water partition coefficient (Wildman–Crippen LogP) is 1.22. The second-order valence-corrected chi connectivity index (χ2v) is 3.21. The smallest absolute Gasteiger partial charge is 0.101 e. The average Bonchev–Trinajstić information content (AvgIpc) is 2.25. The molecule has 2 N–H and O–H groups in total. The third kappa shape index (κ3) is 2.98. The maximum absolute atomic E-state index is 9.06. The molecule has 0 bridgehead atoms. The monoisotopic (exact) mass is 201 g/mol. The van der Waals surface area contributed by atoms with Crippen LogP contribution in [0.15, 0.2) is 18.2 Å². The van der Waals surface area contributed by atoms with Crippen LogP contribution in [-0.4, -0.2) is 17.8 Å². The molecule has 0 spiro atoms. The van der Waals surface area contributed by atoms with Crippen molar-refractivity contribution in [2.75, 3.05) is 11.9 Å². The van der Waals surface area contributed by atoms with Gasteiger partial charge in [0.1, 0.15) is 12.1 Å². The first-order chi connectivity index (χ1) is 7.17. The van der Waals surface area contributed by atoms with Crippen molar-refractivity contribution < 1.29 is 5.11 Å². The zero-order valence-corrected chi connectivity index (χ0v) is 8.36. The zero-order chi connectivity index (χ0) is 11.3. The highest BCUT2D eigenvalue weighted by Crippen LogP contribution is 2.14. The van der Waals surface area contributed by atoms with Gasteiger partial charge in [-0.25, -0.2) is 0 Å². The molecular weight excluding hydrogens is 190 g/mol. The van der Waals surface area contributed by atoms with E-state index in [1.807, 2.05) is 12.1 Å². The lowest BCUT2D eigenvalue weighted by atomic mass is 10.1. The highest BCUT2D eigenvalue weighted by molar-refractivity contribution is 5.56. The van der Waals surface area contributed by atoms with Gasteiger partial charge in [0.15, 0.2) is 0 Å². The number of benzene rings is 1. The molecule has 4 nitrogen and oxygen atoms in total. The lowest BCUT2D eigenvalue weighted by Gasteiger charge is -2.08. The molecule has 76 valence electrons. The molecule has 15 heavy (non-hydrogen) atoms. The minimum Gasteiger partial charge on any atom is -0.392 e. The van der Waals surface area contributed by atoms with Crippen molar-refractivity contribution in [2.24, 2.45) is 0 Å². The standard InChI is InChI=1S/C11H11N3O/c1-8(15)7-14-11-3-2-9(5-12)10(4-11)6-13/h2-4,8,14-15H,7H2,1H3. The van der Waals surface area contributed by atoms with Gasteiger partial charge < -0.3 is 10.4 Å². The van der Waals surface area contributed by atoms with Crippen LogP contribution in [0.2, 0.25) is 0 Å². The SMILES string of the molecule is CC(O)CNc1ccc(C#N)c(C#N)c1. The molecule has 1 aromatic carbocycles. The summed E-state index contributed by atoms with van der Waals surface area (Å²) in [7, 11) is 0. The fourth-order valence-corrected chi connectivity index (χ4v) is 1.11. The lowest BCUT2D eigenvalue weighted by molar-refractivity contribution is 0.208. The van der Waals surface area contributed by atoms with Crippen molar-refractivity contribution in [3.05, 3.63) is 29.3 Å². The number of hydrogen-bond donors (Lipinski definition) is 2. The highest BCUT2D eigenvalue weighted by Gasteiger charge is 2.03. The Kier molecular flexibility index (Phi) is 3.68.